The summed E-state index contributed by atoms with van der Waals surface area (Å²) in [5, 5.41) is 39.4. The van der Waals surface area contributed by atoms with Gasteiger partial charge in [0.1, 0.15) is 13.1 Å². The summed E-state index contributed by atoms with van der Waals surface area (Å²) in [6.07, 6.45) is 11.7. The molecule has 0 amide bonds. The second-order valence-electron chi connectivity index (χ2n) is 13.2. The van der Waals surface area contributed by atoms with E-state index in [1.54, 1.807) is 72.8 Å². The van der Waals surface area contributed by atoms with Gasteiger partial charge in [0.25, 0.3) is 0 Å². The molecule has 1 aliphatic carbocycles. The molecule has 0 aromatic heterocycles. The predicted octanol–water partition coefficient (Wildman–Crippen LogP) is 8.43. The van der Waals surface area contributed by atoms with Crippen molar-refractivity contribution in [2.24, 2.45) is 10.9 Å². The van der Waals surface area contributed by atoms with Crippen LogP contribution in [-0.4, -0.2) is 81.9 Å². The number of hydrogen-bond acceptors (Lipinski definition) is 7. The molecule has 2 aromatic rings. The molecule has 0 heterocycles. The average Bonchev–Trinajstić information content (AvgIpc) is 3.59. The summed E-state index contributed by atoms with van der Waals surface area (Å²) in [6.45, 7) is 18.8. The van der Waals surface area contributed by atoms with Crippen molar-refractivity contribution >= 4 is 17.1 Å². The summed E-state index contributed by atoms with van der Waals surface area (Å²) in [4.78, 5) is 19.5. The average molecular weight is 754 g/mol. The Hall–Kier alpha value is -7.83. The molecule has 286 valence electrons. The summed E-state index contributed by atoms with van der Waals surface area (Å²) < 4.78 is 0. The third kappa shape index (κ3) is 12.9. The van der Waals surface area contributed by atoms with Crippen LogP contribution in [0.25, 0.3) is 20.8 Å². The molecule has 3 rings (SSSR count). The third-order valence-corrected chi connectivity index (χ3v) is 8.37. The fraction of sp³-hybridized carbons (Fsp3) is 0.239. The first kappa shape index (κ1) is 45.3. The monoisotopic (exact) mass is 753 g/mol. The maximum atomic E-state index is 10.1. The van der Waals surface area contributed by atoms with Crippen molar-refractivity contribution in [2.45, 2.75) is 12.8 Å². The summed E-state index contributed by atoms with van der Waals surface area (Å²) in [6, 6.07) is 26.2. The van der Waals surface area contributed by atoms with E-state index in [0.717, 1.165) is 22.7 Å². The SMILES string of the molecule is C=C(N(C)C)N(C)C.[C-]#[N+]C([N+]#[C-])=C(/C(C#N)=C/C=C/C1=C(N=C(N(C)C)N(C)C)C(=C/C=C/C(C#N)=C(\c2ccccc2)C(C#N)C#N)CC1)c1ccccc1. The lowest BCUT2D eigenvalue weighted by atomic mass is 9.90. The fourth-order valence-corrected chi connectivity index (χ4v) is 5.57. The second-order valence-corrected chi connectivity index (χ2v) is 13.2. The Kier molecular flexibility index (Phi) is 18.3. The smallest absolute Gasteiger partial charge is 0.365 e. The molecule has 0 saturated carbocycles. The minimum Gasteiger partial charge on any atom is -0.365 e. The molecule has 0 fully saturated rings. The lowest BCUT2D eigenvalue weighted by Crippen LogP contribution is -2.35. The summed E-state index contributed by atoms with van der Waals surface area (Å²) in [5.41, 5.74) is 4.78. The van der Waals surface area contributed by atoms with E-state index in [4.69, 9.17) is 18.1 Å². The van der Waals surface area contributed by atoms with Crippen LogP contribution in [0, 0.1) is 64.4 Å². The van der Waals surface area contributed by atoms with Gasteiger partial charge >= 0.3 is 5.82 Å². The van der Waals surface area contributed by atoms with Gasteiger partial charge in [-0.05, 0) is 47.3 Å². The summed E-state index contributed by atoms with van der Waals surface area (Å²) in [5.74, 6) is 0.414. The van der Waals surface area contributed by atoms with Crippen molar-refractivity contribution < 1.29 is 0 Å². The van der Waals surface area contributed by atoms with Crippen LogP contribution < -0.4 is 0 Å². The molecule has 11 nitrogen and oxygen atoms in total. The zero-order valence-corrected chi connectivity index (χ0v) is 33.9. The Bertz CT molecular complexity index is 2220. The maximum Gasteiger partial charge on any atom is 0.528 e. The molecule has 0 spiro atoms. The minimum atomic E-state index is -1.12. The molecule has 11 heteroatoms. The van der Waals surface area contributed by atoms with Gasteiger partial charge in [0.15, 0.2) is 5.92 Å². The van der Waals surface area contributed by atoms with Crippen LogP contribution in [-0.2, 0) is 0 Å². The molecule has 0 unspecified atom stereocenters. The number of guanidine groups is 1. The molecule has 0 bridgehead atoms. The highest BCUT2D eigenvalue weighted by molar-refractivity contribution is 5.87. The Morgan fingerprint density at radius 1 is 0.754 bits per heavy atom. The van der Waals surface area contributed by atoms with Gasteiger partial charge in [-0.2, -0.15) is 30.7 Å². The van der Waals surface area contributed by atoms with E-state index in [1.165, 1.54) is 0 Å². The van der Waals surface area contributed by atoms with Gasteiger partial charge in [0.2, 0.25) is 5.96 Å². The van der Waals surface area contributed by atoms with Crippen LogP contribution in [0.15, 0.2) is 148 Å². The quantitative estimate of drug-likeness (QED) is 0.0736. The summed E-state index contributed by atoms with van der Waals surface area (Å²) in [7, 11) is 15.5. The van der Waals surface area contributed by atoms with E-state index in [-0.39, 0.29) is 22.5 Å². The largest absolute Gasteiger partial charge is 0.528 e. The molecular formula is C46H47N11. The predicted molar refractivity (Wildman–Crippen MR) is 228 cm³/mol. The Labute approximate surface area is 338 Å². The van der Waals surface area contributed by atoms with Gasteiger partial charge in [0.05, 0.1) is 52.5 Å². The summed E-state index contributed by atoms with van der Waals surface area (Å²) >= 11 is 0. The molecule has 0 atom stereocenters. The van der Waals surface area contributed by atoms with Crippen LogP contribution in [0.1, 0.15) is 24.0 Å². The molecule has 0 saturated heterocycles. The van der Waals surface area contributed by atoms with Gasteiger partial charge < -0.3 is 19.6 Å². The van der Waals surface area contributed by atoms with Crippen molar-refractivity contribution in [3.05, 3.63) is 177 Å². The standard InChI is InChI=1S/C40H33N9.C6H14N2/c1-45-39(46-2)37(30-17-11-8-12-18-30)34(26-42)22-14-20-32-24-23-31(38(32)47-40(48(3)4)49(5)6)19-13-21-33(25-41)36(35(27-43)28-44)29-15-9-7-10-16-29;1-6(7(2)3)8(4)5/h7-22,35H,23-24H2,3-6H3;1H2,2-5H3/b20-14+,21-13+,31-19?,34-22+,36-33-;. The number of nitriles is 4. The van der Waals surface area contributed by atoms with Crippen molar-refractivity contribution in [1.29, 1.82) is 21.0 Å². The Balaban J connectivity index is 0.00000126. The molecule has 57 heavy (non-hydrogen) atoms. The maximum absolute atomic E-state index is 10.1. The van der Waals surface area contributed by atoms with Crippen LogP contribution >= 0.6 is 0 Å². The van der Waals surface area contributed by atoms with Gasteiger partial charge in [-0.25, -0.2) is 4.99 Å². The number of hydrogen-bond donors (Lipinski definition) is 0. The first-order chi connectivity index (χ1) is 27.3. The van der Waals surface area contributed by atoms with Gasteiger partial charge in [0, 0.05) is 62.0 Å². The first-order valence-corrected chi connectivity index (χ1v) is 17.7. The molecule has 1 aliphatic rings. The van der Waals surface area contributed by atoms with Crippen LogP contribution in [0.2, 0.25) is 0 Å². The van der Waals surface area contributed by atoms with E-state index in [9.17, 15) is 21.0 Å². The van der Waals surface area contributed by atoms with E-state index >= 15 is 0 Å². The van der Waals surface area contributed by atoms with Crippen molar-refractivity contribution in [2.75, 3.05) is 56.4 Å². The third-order valence-electron chi connectivity index (χ3n) is 8.37. The van der Waals surface area contributed by atoms with Gasteiger partial charge in [-0.3, -0.25) is 0 Å². The van der Waals surface area contributed by atoms with E-state index in [0.29, 0.717) is 35.5 Å². The zero-order valence-electron chi connectivity index (χ0n) is 33.9. The van der Waals surface area contributed by atoms with Crippen LogP contribution in [0.3, 0.4) is 0 Å². The van der Waals surface area contributed by atoms with E-state index < -0.39 is 5.92 Å². The van der Waals surface area contributed by atoms with Crippen LogP contribution in [0.4, 0.5) is 0 Å². The number of allylic oxidation sites excluding steroid dienone is 12. The second kappa shape index (κ2) is 23.1. The fourth-order valence-electron chi connectivity index (χ4n) is 5.57. The van der Waals surface area contributed by atoms with E-state index in [1.807, 2.05) is 112 Å². The molecule has 0 N–H and O–H groups in total. The zero-order chi connectivity index (χ0) is 42.5. The topological polar surface area (TPSA) is 129 Å². The highest BCUT2D eigenvalue weighted by Gasteiger charge is 2.22. The van der Waals surface area contributed by atoms with Crippen LogP contribution in [0.5, 0.6) is 0 Å². The van der Waals surface area contributed by atoms with Gasteiger partial charge in [-0.1, -0.05) is 91.5 Å². The molecule has 0 radical (unpaired) electrons. The molecule has 0 aliphatic heterocycles. The number of nitrogens with zero attached hydrogens (tertiary/aromatic N) is 11. The lowest BCUT2D eigenvalue weighted by Gasteiger charge is -2.23. The molecule has 2 aromatic carbocycles. The number of benzene rings is 2. The van der Waals surface area contributed by atoms with Crippen molar-refractivity contribution in [3.63, 3.8) is 0 Å². The minimum absolute atomic E-state index is 0.187. The normalized spacial score (nSPS) is 13.1. The van der Waals surface area contributed by atoms with E-state index in [2.05, 4.69) is 28.4 Å². The van der Waals surface area contributed by atoms with Crippen molar-refractivity contribution in [1.82, 2.24) is 19.6 Å². The molecular weight excluding hydrogens is 707 g/mol. The number of rotatable bonds is 11. The highest BCUT2D eigenvalue weighted by atomic mass is 15.3. The Morgan fingerprint density at radius 3 is 1.74 bits per heavy atom. The lowest BCUT2D eigenvalue weighted by molar-refractivity contribution is 0.345. The first-order valence-electron chi connectivity index (χ1n) is 17.7. The van der Waals surface area contributed by atoms with Gasteiger partial charge in [-0.15, -0.1) is 0 Å². The highest BCUT2D eigenvalue weighted by Crippen LogP contribution is 2.35. The Morgan fingerprint density at radius 2 is 1.30 bits per heavy atom. The van der Waals surface area contributed by atoms with Crippen molar-refractivity contribution in [3.8, 4) is 24.3 Å². The number of aliphatic imine (C=N–C) groups is 1.